The van der Waals surface area contributed by atoms with Crippen LogP contribution in [0.4, 0.5) is 0 Å². The van der Waals surface area contributed by atoms with E-state index in [4.69, 9.17) is 4.74 Å². The number of carbonyl (C=O) groups is 1. The lowest BCUT2D eigenvalue weighted by atomic mass is 9.69. The van der Waals surface area contributed by atoms with Crippen molar-refractivity contribution < 1.29 is 9.53 Å². The maximum absolute atomic E-state index is 13.2. The Morgan fingerprint density at radius 2 is 1.92 bits per heavy atom. The predicted molar refractivity (Wildman–Crippen MR) is 99.3 cm³/mol. The summed E-state index contributed by atoms with van der Waals surface area (Å²) < 4.78 is 6.47. The smallest absolute Gasteiger partial charge is 0.195 e. The predicted octanol–water partition coefficient (Wildman–Crippen LogP) is 5.12. The van der Waals surface area contributed by atoms with Crippen molar-refractivity contribution >= 4 is 32.6 Å². The van der Waals surface area contributed by atoms with Crippen molar-refractivity contribution in [2.24, 2.45) is 0 Å². The van der Waals surface area contributed by atoms with E-state index in [2.05, 4.69) is 34.8 Å². The van der Waals surface area contributed by atoms with Crippen molar-refractivity contribution in [3.05, 3.63) is 62.8 Å². The van der Waals surface area contributed by atoms with Crippen LogP contribution in [0.1, 0.15) is 46.6 Å². The molecule has 1 N–H and O–H groups in total. The highest BCUT2D eigenvalue weighted by Crippen LogP contribution is 2.46. The Morgan fingerprint density at radius 3 is 2.62 bits per heavy atom. The zero-order valence-corrected chi connectivity index (χ0v) is 15.7. The van der Waals surface area contributed by atoms with E-state index >= 15 is 0 Å². The van der Waals surface area contributed by atoms with E-state index in [1.807, 2.05) is 37.3 Å². The number of carbonyl (C=O) groups excluding carboxylic acids is 1. The number of aromatic amines is 1. The Bertz CT molecular complexity index is 1010. The molecular formula is C20H18BrNO2. The van der Waals surface area contributed by atoms with E-state index in [0.717, 1.165) is 49.1 Å². The molecule has 3 nitrogen and oxygen atoms in total. The number of rotatable bonds is 1. The molecule has 0 amide bonds. The number of fused-ring (bicyclic) bond motifs is 4. The number of benzene rings is 2. The molecule has 122 valence electrons. The third-order valence-electron chi connectivity index (χ3n) is 5.12. The van der Waals surface area contributed by atoms with Crippen LogP contribution in [0.2, 0.25) is 0 Å². The number of ketones is 1. The standard InChI is InChI=1S/C20H18BrNO2/c1-10-15(24-4)8-7-13-17(10)20(2,3)19-16(18(13)23)12-6-5-11(21)9-14(12)22-19/h5-9,22H,1-4H3. The molecule has 0 bridgehead atoms. The number of methoxy groups -OCH3 is 1. The largest absolute Gasteiger partial charge is 0.496 e. The maximum atomic E-state index is 13.2. The monoisotopic (exact) mass is 383 g/mol. The molecule has 1 aromatic heterocycles. The van der Waals surface area contributed by atoms with Gasteiger partial charge in [-0.3, -0.25) is 4.79 Å². The summed E-state index contributed by atoms with van der Waals surface area (Å²) >= 11 is 3.51. The SMILES string of the molecule is COc1ccc2c(c1C)C(C)(C)c1[nH]c3cc(Br)ccc3c1C2=O. The molecule has 0 radical (unpaired) electrons. The van der Waals surface area contributed by atoms with Gasteiger partial charge in [-0.25, -0.2) is 0 Å². The quantitative estimate of drug-likeness (QED) is 0.633. The summed E-state index contributed by atoms with van der Waals surface area (Å²) in [4.78, 5) is 16.7. The van der Waals surface area contributed by atoms with Crippen molar-refractivity contribution in [2.45, 2.75) is 26.2 Å². The molecule has 0 saturated carbocycles. The number of nitrogens with one attached hydrogen (secondary N) is 1. The van der Waals surface area contributed by atoms with Gasteiger partial charge in [0.05, 0.1) is 12.7 Å². The molecule has 0 fully saturated rings. The van der Waals surface area contributed by atoms with Crippen molar-refractivity contribution in [1.29, 1.82) is 0 Å². The highest BCUT2D eigenvalue weighted by Gasteiger charge is 2.41. The second kappa shape index (κ2) is 4.96. The lowest BCUT2D eigenvalue weighted by Crippen LogP contribution is -2.31. The molecule has 3 aromatic rings. The first kappa shape index (κ1) is 15.5. The minimum atomic E-state index is -0.303. The van der Waals surface area contributed by atoms with E-state index in [-0.39, 0.29) is 11.2 Å². The molecule has 4 rings (SSSR count). The summed E-state index contributed by atoms with van der Waals surface area (Å²) in [7, 11) is 1.66. The Morgan fingerprint density at radius 1 is 1.17 bits per heavy atom. The topological polar surface area (TPSA) is 42.1 Å². The summed E-state index contributed by atoms with van der Waals surface area (Å²) in [6.07, 6.45) is 0. The van der Waals surface area contributed by atoms with Crippen molar-refractivity contribution in [2.75, 3.05) is 7.11 Å². The van der Waals surface area contributed by atoms with E-state index in [1.165, 1.54) is 0 Å². The minimum Gasteiger partial charge on any atom is -0.496 e. The van der Waals surface area contributed by atoms with Crippen LogP contribution in [0.15, 0.2) is 34.8 Å². The molecule has 1 heterocycles. The fourth-order valence-electron chi connectivity index (χ4n) is 4.04. The first-order valence-corrected chi connectivity index (χ1v) is 8.70. The van der Waals surface area contributed by atoms with Crippen LogP contribution in [0.5, 0.6) is 5.75 Å². The van der Waals surface area contributed by atoms with E-state index in [0.29, 0.717) is 0 Å². The fraction of sp³-hybridized carbons (Fsp3) is 0.250. The normalized spacial score (nSPS) is 15.3. The maximum Gasteiger partial charge on any atom is 0.195 e. The Kier molecular flexibility index (Phi) is 3.20. The van der Waals surface area contributed by atoms with Gasteiger partial charge in [0.25, 0.3) is 0 Å². The van der Waals surface area contributed by atoms with Crippen LogP contribution in [0.25, 0.3) is 10.9 Å². The zero-order valence-electron chi connectivity index (χ0n) is 14.1. The van der Waals surface area contributed by atoms with Gasteiger partial charge in [0, 0.05) is 32.0 Å². The van der Waals surface area contributed by atoms with Crippen LogP contribution < -0.4 is 4.74 Å². The number of ether oxygens (including phenoxy) is 1. The third kappa shape index (κ3) is 1.86. The summed E-state index contributed by atoms with van der Waals surface area (Å²) in [5, 5.41) is 0.977. The van der Waals surface area contributed by atoms with Gasteiger partial charge in [-0.15, -0.1) is 0 Å². The summed E-state index contributed by atoms with van der Waals surface area (Å²) in [6, 6.07) is 9.79. The van der Waals surface area contributed by atoms with Crippen molar-refractivity contribution in [3.63, 3.8) is 0 Å². The number of hydrogen-bond donors (Lipinski definition) is 1. The lowest BCUT2D eigenvalue weighted by molar-refractivity contribution is 0.103. The first-order valence-electron chi connectivity index (χ1n) is 7.90. The van der Waals surface area contributed by atoms with E-state index in [1.54, 1.807) is 7.11 Å². The molecule has 24 heavy (non-hydrogen) atoms. The summed E-state index contributed by atoms with van der Waals surface area (Å²) in [5.74, 6) is 0.899. The molecule has 0 saturated heterocycles. The van der Waals surface area contributed by atoms with Crippen molar-refractivity contribution in [3.8, 4) is 5.75 Å². The van der Waals surface area contributed by atoms with E-state index in [9.17, 15) is 4.79 Å². The molecule has 0 aliphatic heterocycles. The zero-order chi connectivity index (χ0) is 17.2. The second-order valence-electron chi connectivity index (χ2n) is 6.83. The second-order valence-corrected chi connectivity index (χ2v) is 7.75. The van der Waals surface area contributed by atoms with Crippen LogP contribution in [-0.4, -0.2) is 17.9 Å². The molecule has 0 atom stereocenters. The summed E-state index contributed by atoms with van der Waals surface area (Å²) in [5.41, 5.74) is 5.29. The van der Waals surface area contributed by atoms with Crippen LogP contribution in [-0.2, 0) is 5.41 Å². The van der Waals surface area contributed by atoms with Gasteiger partial charge in [-0.05, 0) is 42.3 Å². The van der Waals surface area contributed by atoms with Gasteiger partial charge in [0.1, 0.15) is 5.75 Å². The Hall–Kier alpha value is -2.07. The van der Waals surface area contributed by atoms with Crippen molar-refractivity contribution in [1.82, 2.24) is 4.98 Å². The molecule has 2 aromatic carbocycles. The van der Waals surface area contributed by atoms with Gasteiger partial charge in [0.15, 0.2) is 5.78 Å². The summed E-state index contributed by atoms with van der Waals surface area (Å²) in [6.45, 7) is 6.35. The lowest BCUT2D eigenvalue weighted by Gasteiger charge is -2.34. The number of H-pyrrole nitrogens is 1. The highest BCUT2D eigenvalue weighted by atomic mass is 79.9. The van der Waals surface area contributed by atoms with Crippen LogP contribution >= 0.6 is 15.9 Å². The van der Waals surface area contributed by atoms with Crippen LogP contribution in [0.3, 0.4) is 0 Å². The number of hydrogen-bond acceptors (Lipinski definition) is 2. The highest BCUT2D eigenvalue weighted by molar-refractivity contribution is 9.10. The van der Waals surface area contributed by atoms with Crippen LogP contribution in [0, 0.1) is 6.92 Å². The van der Waals surface area contributed by atoms with Gasteiger partial charge < -0.3 is 9.72 Å². The van der Waals surface area contributed by atoms with Gasteiger partial charge in [0.2, 0.25) is 0 Å². The molecule has 1 aliphatic carbocycles. The van der Waals surface area contributed by atoms with Gasteiger partial charge >= 0.3 is 0 Å². The molecule has 0 spiro atoms. The van der Waals surface area contributed by atoms with Gasteiger partial charge in [-0.1, -0.05) is 35.8 Å². The molecule has 0 unspecified atom stereocenters. The Balaban J connectivity index is 2.11. The molecular weight excluding hydrogens is 366 g/mol. The Labute approximate surface area is 149 Å². The average Bonchev–Trinajstić information content (AvgIpc) is 2.92. The van der Waals surface area contributed by atoms with E-state index < -0.39 is 0 Å². The number of halogens is 1. The van der Waals surface area contributed by atoms with Gasteiger partial charge in [-0.2, -0.15) is 0 Å². The number of aromatic nitrogens is 1. The third-order valence-corrected chi connectivity index (χ3v) is 5.61. The minimum absolute atomic E-state index is 0.0821. The molecule has 4 heteroatoms. The first-order chi connectivity index (χ1) is 11.4. The molecule has 1 aliphatic rings. The average molecular weight is 384 g/mol. The fourth-order valence-corrected chi connectivity index (χ4v) is 4.40.